The number of rotatable bonds is 6. The van der Waals surface area contributed by atoms with Crippen molar-refractivity contribution in [3.05, 3.63) is 22.4 Å². The molecule has 1 heterocycles. The first kappa shape index (κ1) is 12.3. The van der Waals surface area contributed by atoms with Crippen molar-refractivity contribution in [3.63, 3.8) is 0 Å². The fourth-order valence-corrected chi connectivity index (χ4v) is 2.87. The van der Waals surface area contributed by atoms with E-state index in [2.05, 4.69) is 47.3 Å². The van der Waals surface area contributed by atoms with Gasteiger partial charge in [0.05, 0.1) is 0 Å². The molecule has 0 bridgehead atoms. The van der Waals surface area contributed by atoms with Gasteiger partial charge in [0, 0.05) is 9.70 Å². The first-order valence-electron chi connectivity index (χ1n) is 5.45. The van der Waals surface area contributed by atoms with Gasteiger partial charge in [-0.25, -0.2) is 0 Å². The molecule has 0 amide bonds. The summed E-state index contributed by atoms with van der Waals surface area (Å²) in [4.78, 5) is 2.26. The summed E-state index contributed by atoms with van der Waals surface area (Å²) in [5, 5.41) is 2.18. The minimum atomic E-state index is 0.705. The Balaban J connectivity index is 2.40. The van der Waals surface area contributed by atoms with E-state index in [1.165, 1.54) is 25.7 Å². The van der Waals surface area contributed by atoms with Crippen LogP contribution < -0.4 is 0 Å². The lowest BCUT2D eigenvalue weighted by atomic mass is 9.97. The Labute approximate surface area is 99.9 Å². The van der Waals surface area contributed by atoms with E-state index in [-0.39, 0.29) is 0 Å². The molecule has 0 spiro atoms. The number of hydrogen-bond donors (Lipinski definition) is 0. The quantitative estimate of drug-likeness (QED) is 0.626. The zero-order chi connectivity index (χ0) is 10.4. The summed E-state index contributed by atoms with van der Waals surface area (Å²) in [6.07, 6.45) is 5.12. The molecule has 1 aromatic heterocycles. The Bertz CT molecular complexity index is 230. The maximum Gasteiger partial charge on any atom is 0.0143 e. The molecule has 2 heteroatoms. The number of thiophene rings is 1. The third kappa shape index (κ3) is 3.74. The fourth-order valence-electron chi connectivity index (χ4n) is 1.66. The summed E-state index contributed by atoms with van der Waals surface area (Å²) in [6.45, 7) is 4.53. The molecule has 14 heavy (non-hydrogen) atoms. The third-order valence-corrected chi connectivity index (χ3v) is 4.85. The van der Waals surface area contributed by atoms with Gasteiger partial charge in [-0.1, -0.05) is 35.8 Å². The van der Waals surface area contributed by atoms with Crippen molar-refractivity contribution in [1.29, 1.82) is 0 Å². The molecule has 0 saturated heterocycles. The average molecular weight is 275 g/mol. The van der Waals surface area contributed by atoms with Gasteiger partial charge in [-0.2, -0.15) is 0 Å². The van der Waals surface area contributed by atoms with E-state index in [1.807, 2.05) is 11.3 Å². The van der Waals surface area contributed by atoms with Gasteiger partial charge in [0.15, 0.2) is 0 Å². The predicted octanol–water partition coefficient (Wildman–Crippen LogP) is 5.20. The molecule has 0 fully saturated rings. The summed E-state index contributed by atoms with van der Waals surface area (Å²) in [5.74, 6) is 0.779. The maximum absolute atomic E-state index is 3.70. The maximum atomic E-state index is 3.70. The van der Waals surface area contributed by atoms with Crippen molar-refractivity contribution in [2.45, 2.75) is 50.3 Å². The van der Waals surface area contributed by atoms with Crippen molar-refractivity contribution in [3.8, 4) is 0 Å². The highest BCUT2D eigenvalue weighted by Gasteiger charge is 2.11. The van der Waals surface area contributed by atoms with Gasteiger partial charge in [-0.3, -0.25) is 0 Å². The molecule has 0 aliphatic carbocycles. The molecule has 0 radical (unpaired) electrons. The van der Waals surface area contributed by atoms with E-state index in [0.717, 1.165) is 5.92 Å². The van der Waals surface area contributed by atoms with Crippen molar-refractivity contribution in [2.75, 3.05) is 0 Å². The van der Waals surface area contributed by atoms with Gasteiger partial charge < -0.3 is 0 Å². The van der Waals surface area contributed by atoms with Gasteiger partial charge in [0.1, 0.15) is 0 Å². The van der Waals surface area contributed by atoms with Crippen LogP contribution in [0.2, 0.25) is 0 Å². The fraction of sp³-hybridized carbons (Fsp3) is 0.667. The molecule has 1 aromatic rings. The molecular formula is C12H19BrS. The van der Waals surface area contributed by atoms with E-state index in [0.29, 0.717) is 4.83 Å². The second-order valence-electron chi connectivity index (χ2n) is 3.70. The Morgan fingerprint density at radius 3 is 2.57 bits per heavy atom. The summed E-state index contributed by atoms with van der Waals surface area (Å²) in [6, 6.07) is 4.43. The van der Waals surface area contributed by atoms with Crippen LogP contribution in [0.4, 0.5) is 0 Å². The van der Waals surface area contributed by atoms with Crippen LogP contribution in [0.15, 0.2) is 17.5 Å². The third-order valence-electron chi connectivity index (χ3n) is 2.71. The summed E-state index contributed by atoms with van der Waals surface area (Å²) >= 11 is 5.60. The van der Waals surface area contributed by atoms with E-state index in [1.54, 1.807) is 4.88 Å². The lowest BCUT2D eigenvalue weighted by molar-refractivity contribution is 0.570. The zero-order valence-corrected chi connectivity index (χ0v) is 11.4. The van der Waals surface area contributed by atoms with Crippen LogP contribution in [-0.4, -0.2) is 4.83 Å². The van der Waals surface area contributed by atoms with E-state index in [4.69, 9.17) is 0 Å². The molecule has 80 valence electrons. The molecule has 0 aliphatic heterocycles. The van der Waals surface area contributed by atoms with E-state index < -0.39 is 0 Å². The molecule has 0 aliphatic rings. The first-order chi connectivity index (χ1) is 6.77. The Morgan fingerprint density at radius 2 is 2.07 bits per heavy atom. The summed E-state index contributed by atoms with van der Waals surface area (Å²) in [7, 11) is 0. The van der Waals surface area contributed by atoms with Gasteiger partial charge in [-0.05, 0) is 43.0 Å². The smallest absolute Gasteiger partial charge is 0.0143 e. The van der Waals surface area contributed by atoms with Crippen molar-refractivity contribution in [2.24, 2.45) is 0 Å². The second kappa shape index (κ2) is 6.62. The van der Waals surface area contributed by atoms with Crippen LogP contribution in [0, 0.1) is 0 Å². The molecule has 0 saturated carbocycles. The number of halogens is 1. The molecule has 2 atom stereocenters. The minimum absolute atomic E-state index is 0.705. The summed E-state index contributed by atoms with van der Waals surface area (Å²) < 4.78 is 0. The van der Waals surface area contributed by atoms with Gasteiger partial charge in [0.25, 0.3) is 0 Å². The first-order valence-corrected chi connectivity index (χ1v) is 7.24. The highest BCUT2D eigenvalue weighted by molar-refractivity contribution is 9.09. The summed E-state index contributed by atoms with van der Waals surface area (Å²) in [5.41, 5.74) is 0. The van der Waals surface area contributed by atoms with Crippen LogP contribution in [0.3, 0.4) is 0 Å². The highest BCUT2D eigenvalue weighted by atomic mass is 79.9. The lowest BCUT2D eigenvalue weighted by Crippen LogP contribution is -2.01. The minimum Gasteiger partial charge on any atom is -0.149 e. The van der Waals surface area contributed by atoms with E-state index in [9.17, 15) is 0 Å². The van der Waals surface area contributed by atoms with Crippen molar-refractivity contribution >= 4 is 27.3 Å². The van der Waals surface area contributed by atoms with E-state index >= 15 is 0 Å². The molecule has 0 aromatic carbocycles. The SMILES string of the molecule is CCC(Br)CCC(CC)c1cccs1. The molecule has 1 rings (SSSR count). The van der Waals surface area contributed by atoms with Crippen LogP contribution in [0.5, 0.6) is 0 Å². The van der Waals surface area contributed by atoms with Gasteiger partial charge >= 0.3 is 0 Å². The monoisotopic (exact) mass is 274 g/mol. The highest BCUT2D eigenvalue weighted by Crippen LogP contribution is 2.30. The second-order valence-corrected chi connectivity index (χ2v) is 5.98. The van der Waals surface area contributed by atoms with Crippen molar-refractivity contribution < 1.29 is 0 Å². The molecule has 2 unspecified atom stereocenters. The molecule has 0 N–H and O–H groups in total. The zero-order valence-electron chi connectivity index (χ0n) is 9.00. The average Bonchev–Trinajstić information content (AvgIpc) is 2.72. The Kier molecular flexibility index (Phi) is 5.80. The van der Waals surface area contributed by atoms with Crippen LogP contribution in [0.1, 0.15) is 50.3 Å². The standard InChI is InChI=1S/C12H19BrS/c1-3-10(7-8-11(13)4-2)12-6-5-9-14-12/h5-6,9-11H,3-4,7-8H2,1-2H3. The normalized spacial score (nSPS) is 15.4. The predicted molar refractivity (Wildman–Crippen MR) is 69.6 cm³/mol. The van der Waals surface area contributed by atoms with Crippen LogP contribution >= 0.6 is 27.3 Å². The topological polar surface area (TPSA) is 0 Å². The lowest BCUT2D eigenvalue weighted by Gasteiger charge is -2.14. The van der Waals surface area contributed by atoms with Gasteiger partial charge in [-0.15, -0.1) is 11.3 Å². The number of hydrogen-bond acceptors (Lipinski definition) is 1. The van der Waals surface area contributed by atoms with Crippen LogP contribution in [-0.2, 0) is 0 Å². The molecular weight excluding hydrogens is 256 g/mol. The van der Waals surface area contributed by atoms with Crippen molar-refractivity contribution in [1.82, 2.24) is 0 Å². The largest absolute Gasteiger partial charge is 0.149 e. The van der Waals surface area contributed by atoms with Crippen LogP contribution in [0.25, 0.3) is 0 Å². The number of alkyl halides is 1. The van der Waals surface area contributed by atoms with Gasteiger partial charge in [0.2, 0.25) is 0 Å². The Hall–Kier alpha value is 0.180. The molecule has 0 nitrogen and oxygen atoms in total. The Morgan fingerprint density at radius 1 is 1.29 bits per heavy atom.